The van der Waals surface area contributed by atoms with Gasteiger partial charge in [-0.2, -0.15) is 0 Å². The molecule has 1 aromatic carbocycles. The zero-order valence-corrected chi connectivity index (χ0v) is 11.6. The van der Waals surface area contributed by atoms with Crippen LogP contribution in [0, 0.1) is 13.8 Å². The summed E-state index contributed by atoms with van der Waals surface area (Å²) < 4.78 is 0. The van der Waals surface area contributed by atoms with Gasteiger partial charge in [0.1, 0.15) is 0 Å². The van der Waals surface area contributed by atoms with Gasteiger partial charge in [-0.05, 0) is 56.3 Å². The summed E-state index contributed by atoms with van der Waals surface area (Å²) in [6.45, 7) is 4.04. The smallest absolute Gasteiger partial charge is 0.0575 e. The van der Waals surface area contributed by atoms with Crippen molar-refractivity contribution in [3.8, 4) is 0 Å². The maximum atomic E-state index is 5.93. The van der Waals surface area contributed by atoms with E-state index in [0.29, 0.717) is 0 Å². The van der Waals surface area contributed by atoms with Gasteiger partial charge in [0.15, 0.2) is 0 Å². The Kier molecular flexibility index (Phi) is 4.00. The van der Waals surface area contributed by atoms with Gasteiger partial charge in [-0.25, -0.2) is 0 Å². The molecule has 1 unspecified atom stereocenters. The van der Waals surface area contributed by atoms with Crippen LogP contribution in [0.5, 0.6) is 0 Å². The Hall–Kier alpha value is -1.38. The third-order valence-electron chi connectivity index (χ3n) is 2.93. The highest BCUT2D eigenvalue weighted by Gasteiger charge is 2.12. The SMILES string of the molecule is CNC(c1ccc(Cl)cc1)c1cc(C)nc(C)c1. The number of aromatic nitrogens is 1. The standard InChI is InChI=1S/C15H17ClN2/c1-10-8-13(9-11(2)18-10)15(17-3)12-4-6-14(16)7-5-12/h4-9,15,17H,1-3H3. The van der Waals surface area contributed by atoms with Crippen molar-refractivity contribution in [2.75, 3.05) is 7.05 Å². The molecule has 0 aliphatic heterocycles. The molecule has 2 rings (SSSR count). The molecular weight excluding hydrogens is 244 g/mol. The van der Waals surface area contributed by atoms with E-state index in [1.165, 1.54) is 11.1 Å². The van der Waals surface area contributed by atoms with Gasteiger partial charge in [0.25, 0.3) is 0 Å². The first-order valence-electron chi connectivity index (χ1n) is 5.98. The lowest BCUT2D eigenvalue weighted by Gasteiger charge is -2.18. The molecule has 1 atom stereocenters. The number of hydrogen-bond donors (Lipinski definition) is 1. The normalized spacial score (nSPS) is 12.4. The average molecular weight is 261 g/mol. The first-order chi connectivity index (χ1) is 8.60. The van der Waals surface area contributed by atoms with Crippen molar-refractivity contribution in [2.45, 2.75) is 19.9 Å². The minimum absolute atomic E-state index is 0.169. The third kappa shape index (κ3) is 2.89. The van der Waals surface area contributed by atoms with E-state index in [9.17, 15) is 0 Å². The van der Waals surface area contributed by atoms with E-state index in [1.807, 2.05) is 33.0 Å². The molecule has 0 aliphatic rings. The lowest BCUT2D eigenvalue weighted by Crippen LogP contribution is -2.18. The molecule has 94 valence electrons. The summed E-state index contributed by atoms with van der Waals surface area (Å²) in [4.78, 5) is 4.41. The molecule has 0 fully saturated rings. The second kappa shape index (κ2) is 5.51. The second-order valence-corrected chi connectivity index (χ2v) is 4.89. The fourth-order valence-electron chi connectivity index (χ4n) is 2.21. The van der Waals surface area contributed by atoms with E-state index in [0.717, 1.165) is 16.4 Å². The van der Waals surface area contributed by atoms with Gasteiger partial charge in [0.05, 0.1) is 6.04 Å². The first-order valence-corrected chi connectivity index (χ1v) is 6.36. The van der Waals surface area contributed by atoms with Crippen molar-refractivity contribution >= 4 is 11.6 Å². The van der Waals surface area contributed by atoms with Crippen LogP contribution in [0.15, 0.2) is 36.4 Å². The van der Waals surface area contributed by atoms with Crippen molar-refractivity contribution in [2.24, 2.45) is 0 Å². The maximum Gasteiger partial charge on any atom is 0.0575 e. The number of nitrogens with zero attached hydrogens (tertiary/aromatic N) is 1. The Bertz CT molecular complexity index is 514. The number of rotatable bonds is 3. The molecule has 2 aromatic rings. The highest BCUT2D eigenvalue weighted by molar-refractivity contribution is 6.30. The monoisotopic (exact) mass is 260 g/mol. The molecule has 2 nitrogen and oxygen atoms in total. The molecule has 1 heterocycles. The quantitative estimate of drug-likeness (QED) is 0.911. The summed E-state index contributed by atoms with van der Waals surface area (Å²) in [5.74, 6) is 0. The predicted molar refractivity (Wildman–Crippen MR) is 76.1 cm³/mol. The van der Waals surface area contributed by atoms with Crippen LogP contribution < -0.4 is 5.32 Å². The van der Waals surface area contributed by atoms with Crippen LogP contribution in [0.1, 0.15) is 28.6 Å². The van der Waals surface area contributed by atoms with Gasteiger partial charge < -0.3 is 5.32 Å². The van der Waals surface area contributed by atoms with Crippen molar-refractivity contribution in [3.63, 3.8) is 0 Å². The summed E-state index contributed by atoms with van der Waals surface area (Å²) in [5, 5.41) is 4.10. The van der Waals surface area contributed by atoms with Gasteiger partial charge in [0, 0.05) is 16.4 Å². The van der Waals surface area contributed by atoms with Crippen LogP contribution in [0.3, 0.4) is 0 Å². The second-order valence-electron chi connectivity index (χ2n) is 4.46. The molecule has 18 heavy (non-hydrogen) atoms. The molecule has 0 saturated carbocycles. The number of pyridine rings is 1. The highest BCUT2D eigenvalue weighted by Crippen LogP contribution is 2.24. The van der Waals surface area contributed by atoms with E-state index >= 15 is 0 Å². The van der Waals surface area contributed by atoms with Crippen molar-refractivity contribution in [1.82, 2.24) is 10.3 Å². The Balaban J connectivity index is 2.41. The maximum absolute atomic E-state index is 5.93. The Labute approximate surface area is 113 Å². The van der Waals surface area contributed by atoms with Gasteiger partial charge in [-0.1, -0.05) is 23.7 Å². The van der Waals surface area contributed by atoms with Gasteiger partial charge in [0.2, 0.25) is 0 Å². The summed E-state index contributed by atoms with van der Waals surface area (Å²) >= 11 is 5.93. The van der Waals surface area contributed by atoms with E-state index in [4.69, 9.17) is 11.6 Å². The lowest BCUT2D eigenvalue weighted by molar-refractivity contribution is 0.688. The van der Waals surface area contributed by atoms with Gasteiger partial charge in [-0.3, -0.25) is 4.98 Å². The molecule has 3 heteroatoms. The van der Waals surface area contributed by atoms with Gasteiger partial charge in [-0.15, -0.1) is 0 Å². The highest BCUT2D eigenvalue weighted by atomic mass is 35.5. The van der Waals surface area contributed by atoms with Crippen LogP contribution in [0.2, 0.25) is 5.02 Å². The Morgan fingerprint density at radius 3 is 2.06 bits per heavy atom. The summed E-state index contributed by atoms with van der Waals surface area (Å²) in [5.41, 5.74) is 4.51. The van der Waals surface area contributed by atoms with Crippen LogP contribution >= 0.6 is 11.6 Å². The number of halogens is 1. The van der Waals surface area contributed by atoms with Crippen molar-refractivity contribution in [1.29, 1.82) is 0 Å². The molecule has 1 N–H and O–H groups in total. The molecule has 1 aromatic heterocycles. The summed E-state index contributed by atoms with van der Waals surface area (Å²) in [6, 6.07) is 12.3. The number of hydrogen-bond acceptors (Lipinski definition) is 2. The molecule has 0 amide bonds. The van der Waals surface area contributed by atoms with Crippen LogP contribution in [0.25, 0.3) is 0 Å². The molecule has 0 aliphatic carbocycles. The zero-order chi connectivity index (χ0) is 13.1. The number of benzene rings is 1. The predicted octanol–water partition coefficient (Wildman–Crippen LogP) is 3.66. The Morgan fingerprint density at radius 1 is 1.00 bits per heavy atom. The molecule has 0 saturated heterocycles. The van der Waals surface area contributed by atoms with Crippen molar-refractivity contribution in [3.05, 3.63) is 63.9 Å². The molecular formula is C15H17ClN2. The van der Waals surface area contributed by atoms with Gasteiger partial charge >= 0.3 is 0 Å². The van der Waals surface area contributed by atoms with Crippen LogP contribution in [-0.4, -0.2) is 12.0 Å². The third-order valence-corrected chi connectivity index (χ3v) is 3.18. The summed E-state index contributed by atoms with van der Waals surface area (Å²) in [6.07, 6.45) is 0. The van der Waals surface area contributed by atoms with E-state index in [1.54, 1.807) is 0 Å². The summed E-state index contributed by atoms with van der Waals surface area (Å²) in [7, 11) is 1.96. The molecule has 0 spiro atoms. The van der Waals surface area contributed by atoms with E-state index in [2.05, 4.69) is 34.6 Å². The topological polar surface area (TPSA) is 24.9 Å². The zero-order valence-electron chi connectivity index (χ0n) is 10.9. The van der Waals surface area contributed by atoms with E-state index in [-0.39, 0.29) is 6.04 Å². The average Bonchev–Trinajstić information content (AvgIpc) is 2.31. The largest absolute Gasteiger partial charge is 0.309 e. The molecule has 0 bridgehead atoms. The first kappa shape index (κ1) is 13.1. The van der Waals surface area contributed by atoms with Crippen molar-refractivity contribution < 1.29 is 0 Å². The lowest BCUT2D eigenvalue weighted by atomic mass is 9.98. The minimum atomic E-state index is 0.169. The fourth-order valence-corrected chi connectivity index (χ4v) is 2.34. The minimum Gasteiger partial charge on any atom is -0.309 e. The number of aryl methyl sites for hydroxylation is 2. The number of nitrogens with one attached hydrogen (secondary N) is 1. The van der Waals surface area contributed by atoms with Crippen LogP contribution in [0.4, 0.5) is 0 Å². The van der Waals surface area contributed by atoms with Crippen LogP contribution in [-0.2, 0) is 0 Å². The fraction of sp³-hybridized carbons (Fsp3) is 0.267. The molecule has 0 radical (unpaired) electrons. The van der Waals surface area contributed by atoms with E-state index < -0.39 is 0 Å². The Morgan fingerprint density at radius 2 is 1.56 bits per heavy atom.